The third-order valence-corrected chi connectivity index (χ3v) is 3.04. The molecule has 17 heavy (non-hydrogen) atoms. The van der Waals surface area contributed by atoms with Crippen LogP contribution >= 0.6 is 0 Å². The standard InChI is InChI=1S/C10H17N3O4/c1-5-3-13(10(16)12-9(5)11)8-2-6(15)7(4-14)17-8/h3,6-9,14-15H,2,4,11H2,1H3,(H,12,16)/t6?,7-,8-,9?/m0/s1. The molecule has 2 aliphatic rings. The minimum absolute atomic E-state index is 0.269. The number of aliphatic hydroxyl groups is 2. The van der Waals surface area contributed by atoms with Crippen molar-refractivity contribution < 1.29 is 19.7 Å². The van der Waals surface area contributed by atoms with Gasteiger partial charge in [-0.15, -0.1) is 0 Å². The molecule has 2 aliphatic heterocycles. The van der Waals surface area contributed by atoms with Crippen LogP contribution in [0.3, 0.4) is 0 Å². The molecule has 0 aromatic rings. The van der Waals surface area contributed by atoms with E-state index in [1.165, 1.54) is 4.90 Å². The number of hydrogen-bond donors (Lipinski definition) is 4. The summed E-state index contributed by atoms with van der Waals surface area (Å²) in [5.74, 6) is 0. The molecule has 0 aromatic heterocycles. The van der Waals surface area contributed by atoms with Crippen LogP contribution < -0.4 is 11.1 Å². The summed E-state index contributed by atoms with van der Waals surface area (Å²) in [6, 6.07) is -0.362. The zero-order valence-corrected chi connectivity index (χ0v) is 9.54. The molecule has 7 heteroatoms. The van der Waals surface area contributed by atoms with Crippen LogP contribution in [0, 0.1) is 0 Å². The Hall–Kier alpha value is -1.15. The van der Waals surface area contributed by atoms with Crippen molar-refractivity contribution in [2.24, 2.45) is 5.73 Å². The minimum atomic E-state index is -0.762. The molecule has 0 aliphatic carbocycles. The summed E-state index contributed by atoms with van der Waals surface area (Å²) < 4.78 is 5.40. The maximum Gasteiger partial charge on any atom is 0.325 e. The number of nitrogens with one attached hydrogen (secondary N) is 1. The Kier molecular flexibility index (Phi) is 3.34. The fourth-order valence-corrected chi connectivity index (χ4v) is 1.94. The molecule has 7 nitrogen and oxygen atoms in total. The predicted molar refractivity (Wildman–Crippen MR) is 58.5 cm³/mol. The quantitative estimate of drug-likeness (QED) is 0.480. The normalized spacial score (nSPS) is 38.0. The lowest BCUT2D eigenvalue weighted by Crippen LogP contribution is -2.54. The third-order valence-electron chi connectivity index (χ3n) is 3.04. The molecule has 2 rings (SSSR count). The fourth-order valence-electron chi connectivity index (χ4n) is 1.94. The van der Waals surface area contributed by atoms with Crippen molar-refractivity contribution in [1.82, 2.24) is 10.2 Å². The highest BCUT2D eigenvalue weighted by Gasteiger charge is 2.39. The van der Waals surface area contributed by atoms with Crippen LogP contribution in [0.5, 0.6) is 0 Å². The summed E-state index contributed by atoms with van der Waals surface area (Å²) in [5.41, 5.74) is 6.45. The monoisotopic (exact) mass is 243 g/mol. The van der Waals surface area contributed by atoms with Crippen molar-refractivity contribution in [2.45, 2.75) is 37.9 Å². The number of hydrogen-bond acceptors (Lipinski definition) is 5. The maximum atomic E-state index is 11.7. The number of ether oxygens (including phenoxy) is 1. The molecular weight excluding hydrogens is 226 g/mol. The number of aliphatic hydroxyl groups excluding tert-OH is 2. The molecule has 0 bridgehead atoms. The second-order valence-electron chi connectivity index (χ2n) is 4.32. The van der Waals surface area contributed by atoms with Crippen molar-refractivity contribution in [3.8, 4) is 0 Å². The van der Waals surface area contributed by atoms with Gasteiger partial charge in [0.15, 0.2) is 0 Å². The van der Waals surface area contributed by atoms with Crippen LogP contribution in [0.15, 0.2) is 11.8 Å². The lowest BCUT2D eigenvalue weighted by Gasteiger charge is -2.32. The van der Waals surface area contributed by atoms with Gasteiger partial charge in [-0.1, -0.05) is 0 Å². The second-order valence-corrected chi connectivity index (χ2v) is 4.32. The van der Waals surface area contributed by atoms with Gasteiger partial charge in [-0.05, 0) is 12.5 Å². The number of nitrogens with zero attached hydrogens (tertiary/aromatic N) is 1. The second kappa shape index (κ2) is 4.61. The third kappa shape index (κ3) is 2.27. The van der Waals surface area contributed by atoms with Gasteiger partial charge >= 0.3 is 6.03 Å². The molecule has 0 radical (unpaired) electrons. The van der Waals surface area contributed by atoms with Crippen molar-refractivity contribution in [1.29, 1.82) is 0 Å². The number of carbonyl (C=O) groups excluding carboxylic acids is 1. The smallest absolute Gasteiger partial charge is 0.325 e. The molecule has 2 heterocycles. The van der Waals surface area contributed by atoms with E-state index in [2.05, 4.69) is 5.32 Å². The van der Waals surface area contributed by atoms with E-state index in [4.69, 9.17) is 15.6 Å². The molecule has 4 atom stereocenters. The molecule has 0 saturated carbocycles. The van der Waals surface area contributed by atoms with E-state index in [9.17, 15) is 9.90 Å². The Balaban J connectivity index is 2.11. The highest BCUT2D eigenvalue weighted by atomic mass is 16.5. The van der Waals surface area contributed by atoms with Crippen LogP contribution in [-0.2, 0) is 4.74 Å². The largest absolute Gasteiger partial charge is 0.394 e. The zero-order chi connectivity index (χ0) is 12.6. The summed E-state index contributed by atoms with van der Waals surface area (Å²) in [7, 11) is 0. The van der Waals surface area contributed by atoms with Crippen molar-refractivity contribution >= 4 is 6.03 Å². The molecule has 96 valence electrons. The van der Waals surface area contributed by atoms with E-state index >= 15 is 0 Å². The van der Waals surface area contributed by atoms with Gasteiger partial charge < -0.3 is 26.0 Å². The Morgan fingerprint density at radius 2 is 2.41 bits per heavy atom. The topological polar surface area (TPSA) is 108 Å². The maximum absolute atomic E-state index is 11.7. The average molecular weight is 243 g/mol. The van der Waals surface area contributed by atoms with Crippen molar-refractivity contribution in [3.05, 3.63) is 11.8 Å². The highest BCUT2D eigenvalue weighted by molar-refractivity contribution is 5.77. The van der Waals surface area contributed by atoms with Gasteiger partial charge in [-0.3, -0.25) is 4.90 Å². The molecule has 1 saturated heterocycles. The molecule has 0 spiro atoms. The summed E-state index contributed by atoms with van der Waals surface area (Å²) in [4.78, 5) is 13.1. The lowest BCUT2D eigenvalue weighted by atomic mass is 10.1. The molecule has 2 unspecified atom stereocenters. The summed E-state index contributed by atoms with van der Waals surface area (Å²) in [6.07, 6.45) is -0.569. The van der Waals surface area contributed by atoms with Crippen LogP contribution in [0.25, 0.3) is 0 Å². The van der Waals surface area contributed by atoms with Gasteiger partial charge in [-0.25, -0.2) is 4.79 Å². The summed E-state index contributed by atoms with van der Waals surface area (Å²) in [5, 5.41) is 21.2. The first kappa shape index (κ1) is 12.3. The van der Waals surface area contributed by atoms with Crippen LogP contribution in [0.1, 0.15) is 13.3 Å². The SMILES string of the molecule is CC1=CN([C@@H]2CC(O)[C@H](CO)O2)C(=O)NC1N. The first-order chi connectivity index (χ1) is 8.02. The van der Waals surface area contributed by atoms with Gasteiger partial charge in [0, 0.05) is 12.6 Å². The molecule has 2 amide bonds. The van der Waals surface area contributed by atoms with Gasteiger partial charge in [-0.2, -0.15) is 0 Å². The Morgan fingerprint density at radius 1 is 1.71 bits per heavy atom. The minimum Gasteiger partial charge on any atom is -0.394 e. The van der Waals surface area contributed by atoms with Crippen LogP contribution in [0.4, 0.5) is 4.79 Å². The summed E-state index contributed by atoms with van der Waals surface area (Å²) in [6.45, 7) is 1.53. The number of amides is 2. The molecule has 0 aromatic carbocycles. The molecular formula is C10H17N3O4. The van der Waals surface area contributed by atoms with Gasteiger partial charge in [0.05, 0.1) is 12.7 Å². The number of nitrogens with two attached hydrogens (primary N) is 1. The van der Waals surface area contributed by atoms with Gasteiger partial charge in [0.2, 0.25) is 0 Å². The number of rotatable bonds is 2. The summed E-state index contributed by atoms with van der Waals surface area (Å²) >= 11 is 0. The number of carbonyl (C=O) groups is 1. The molecule has 1 fully saturated rings. The Bertz CT molecular complexity index is 346. The van der Waals surface area contributed by atoms with E-state index in [1.54, 1.807) is 13.1 Å². The molecule has 5 N–H and O–H groups in total. The Morgan fingerprint density at radius 3 is 3.00 bits per heavy atom. The zero-order valence-electron chi connectivity index (χ0n) is 9.54. The van der Waals surface area contributed by atoms with E-state index in [-0.39, 0.29) is 19.1 Å². The Labute approximate surface area is 98.8 Å². The predicted octanol–water partition coefficient (Wildman–Crippen LogP) is -1.33. The van der Waals surface area contributed by atoms with Gasteiger partial charge in [0.25, 0.3) is 0 Å². The fraction of sp³-hybridized carbons (Fsp3) is 0.700. The lowest BCUT2D eigenvalue weighted by molar-refractivity contribution is -0.0544. The van der Waals surface area contributed by atoms with E-state index in [1.807, 2.05) is 0 Å². The van der Waals surface area contributed by atoms with Crippen molar-refractivity contribution in [3.63, 3.8) is 0 Å². The number of urea groups is 1. The van der Waals surface area contributed by atoms with Crippen LogP contribution in [0.2, 0.25) is 0 Å². The first-order valence-electron chi connectivity index (χ1n) is 5.50. The van der Waals surface area contributed by atoms with E-state index in [0.717, 1.165) is 5.57 Å². The van der Waals surface area contributed by atoms with Crippen molar-refractivity contribution in [2.75, 3.05) is 6.61 Å². The van der Waals surface area contributed by atoms with Crippen LogP contribution in [-0.4, -0.2) is 52.4 Å². The van der Waals surface area contributed by atoms with E-state index < -0.39 is 24.6 Å². The van der Waals surface area contributed by atoms with E-state index in [0.29, 0.717) is 0 Å². The first-order valence-corrected chi connectivity index (χ1v) is 5.50. The highest BCUT2D eigenvalue weighted by Crippen LogP contribution is 2.25. The van der Waals surface area contributed by atoms with Gasteiger partial charge in [0.1, 0.15) is 18.5 Å². The average Bonchev–Trinajstić information content (AvgIpc) is 2.65.